The lowest BCUT2D eigenvalue weighted by Crippen LogP contribution is -2.60. The molecule has 0 radical (unpaired) electrons. The second kappa shape index (κ2) is 7.73. The molecular weight excluding hydrogens is 296 g/mol. The molecule has 0 N–H and O–H groups in total. The van der Waals surface area contributed by atoms with Gasteiger partial charge in [-0.1, -0.05) is 60.7 Å². The zero-order valence-corrected chi connectivity index (χ0v) is 14.7. The summed E-state index contributed by atoms with van der Waals surface area (Å²) >= 11 is 0. The Balaban J connectivity index is 1.95. The number of methoxy groups -OCH3 is 1. The number of hydrogen-bond donors (Lipinski definition) is 0. The van der Waals surface area contributed by atoms with Gasteiger partial charge in [0.2, 0.25) is 0 Å². The van der Waals surface area contributed by atoms with Gasteiger partial charge in [-0.2, -0.15) is 0 Å². The van der Waals surface area contributed by atoms with Crippen LogP contribution in [-0.4, -0.2) is 43.0 Å². The van der Waals surface area contributed by atoms with Crippen LogP contribution < -0.4 is 0 Å². The summed E-state index contributed by atoms with van der Waals surface area (Å²) in [5.41, 5.74) is 3.88. The standard InChI is InChI=1S/C21H26N2O/c1-16(2)22-19-14-23(20(19)15-24-3)21(17-10-6-4-7-11-17)18-12-8-5-9-13-18/h4-13,16,20-21H,14-15H2,1-3H3. The average Bonchev–Trinajstić information content (AvgIpc) is 2.60. The lowest BCUT2D eigenvalue weighted by Gasteiger charge is -2.47. The second-order valence-electron chi connectivity index (χ2n) is 6.58. The van der Waals surface area contributed by atoms with Crippen LogP contribution in [0.1, 0.15) is 31.0 Å². The Labute approximate surface area is 145 Å². The highest BCUT2D eigenvalue weighted by Crippen LogP contribution is 2.35. The summed E-state index contributed by atoms with van der Waals surface area (Å²) in [7, 11) is 1.77. The Hall–Kier alpha value is -1.97. The smallest absolute Gasteiger partial charge is 0.0737 e. The van der Waals surface area contributed by atoms with Crippen molar-refractivity contribution in [3.05, 3.63) is 71.8 Å². The van der Waals surface area contributed by atoms with E-state index in [0.717, 1.165) is 6.54 Å². The monoisotopic (exact) mass is 322 g/mol. The maximum atomic E-state index is 5.49. The number of aliphatic imine (C=N–C) groups is 1. The van der Waals surface area contributed by atoms with Crippen LogP contribution in [0.15, 0.2) is 65.7 Å². The molecule has 1 saturated heterocycles. The molecule has 1 fully saturated rings. The fourth-order valence-electron chi connectivity index (χ4n) is 3.41. The summed E-state index contributed by atoms with van der Waals surface area (Å²) < 4.78 is 5.49. The lowest BCUT2D eigenvalue weighted by atomic mass is 9.89. The third-order valence-electron chi connectivity index (χ3n) is 4.44. The van der Waals surface area contributed by atoms with Crippen LogP contribution in [0.25, 0.3) is 0 Å². The molecule has 3 nitrogen and oxygen atoms in total. The molecule has 1 heterocycles. The Morgan fingerprint density at radius 1 is 1.00 bits per heavy atom. The highest BCUT2D eigenvalue weighted by molar-refractivity contribution is 5.97. The van der Waals surface area contributed by atoms with Gasteiger partial charge in [-0.05, 0) is 25.0 Å². The van der Waals surface area contributed by atoms with Gasteiger partial charge in [0.05, 0.1) is 18.7 Å². The first-order valence-electron chi connectivity index (χ1n) is 8.62. The molecule has 0 aromatic heterocycles. The number of likely N-dealkylation sites (tertiary alicyclic amines) is 1. The molecule has 1 aliphatic heterocycles. The third kappa shape index (κ3) is 3.58. The molecule has 2 aromatic carbocycles. The molecule has 126 valence electrons. The Morgan fingerprint density at radius 3 is 2.00 bits per heavy atom. The van der Waals surface area contributed by atoms with Crippen LogP contribution in [0.4, 0.5) is 0 Å². The molecule has 1 atom stereocenters. The largest absolute Gasteiger partial charge is 0.383 e. The lowest BCUT2D eigenvalue weighted by molar-refractivity contribution is 0.0853. The van der Waals surface area contributed by atoms with Crippen molar-refractivity contribution in [1.29, 1.82) is 0 Å². The zero-order chi connectivity index (χ0) is 16.9. The molecular formula is C21H26N2O. The minimum atomic E-state index is 0.235. The van der Waals surface area contributed by atoms with Crippen LogP contribution in [0, 0.1) is 0 Å². The van der Waals surface area contributed by atoms with Crippen LogP contribution >= 0.6 is 0 Å². The molecule has 0 aliphatic carbocycles. The average molecular weight is 322 g/mol. The number of hydrogen-bond acceptors (Lipinski definition) is 3. The Morgan fingerprint density at radius 2 is 1.54 bits per heavy atom. The highest BCUT2D eigenvalue weighted by Gasteiger charge is 2.40. The Kier molecular flexibility index (Phi) is 5.44. The van der Waals surface area contributed by atoms with E-state index in [1.807, 2.05) is 0 Å². The molecule has 24 heavy (non-hydrogen) atoms. The summed E-state index contributed by atoms with van der Waals surface area (Å²) in [4.78, 5) is 7.29. The molecule has 1 unspecified atom stereocenters. The number of nitrogens with zero attached hydrogens (tertiary/aromatic N) is 2. The SMILES string of the molecule is COCC1C(=NC(C)C)CN1C(c1ccccc1)c1ccccc1. The molecule has 0 spiro atoms. The maximum Gasteiger partial charge on any atom is 0.0737 e. The van der Waals surface area contributed by atoms with Gasteiger partial charge in [0.15, 0.2) is 0 Å². The van der Waals surface area contributed by atoms with Gasteiger partial charge in [-0.15, -0.1) is 0 Å². The van der Waals surface area contributed by atoms with Crippen molar-refractivity contribution >= 4 is 5.71 Å². The minimum absolute atomic E-state index is 0.235. The van der Waals surface area contributed by atoms with Crippen LogP contribution in [0.2, 0.25) is 0 Å². The molecule has 3 rings (SSSR count). The number of ether oxygens (including phenoxy) is 1. The molecule has 0 bridgehead atoms. The van der Waals surface area contributed by atoms with Crippen molar-refractivity contribution in [2.45, 2.75) is 32.0 Å². The van der Waals surface area contributed by atoms with Gasteiger partial charge in [-0.3, -0.25) is 9.89 Å². The topological polar surface area (TPSA) is 24.8 Å². The van der Waals surface area contributed by atoms with E-state index in [4.69, 9.17) is 9.73 Å². The van der Waals surface area contributed by atoms with Gasteiger partial charge >= 0.3 is 0 Å². The summed E-state index contributed by atoms with van der Waals surface area (Å²) in [6.45, 7) is 5.85. The van der Waals surface area contributed by atoms with E-state index in [0.29, 0.717) is 12.6 Å². The van der Waals surface area contributed by atoms with Gasteiger partial charge in [0.25, 0.3) is 0 Å². The first-order chi connectivity index (χ1) is 11.7. The normalized spacial score (nSPS) is 19.9. The fraction of sp³-hybridized carbons (Fsp3) is 0.381. The predicted molar refractivity (Wildman–Crippen MR) is 99.7 cm³/mol. The van der Waals surface area contributed by atoms with Crippen LogP contribution in [0.3, 0.4) is 0 Å². The van der Waals surface area contributed by atoms with E-state index >= 15 is 0 Å². The molecule has 0 amide bonds. The van der Waals surface area contributed by atoms with E-state index in [1.165, 1.54) is 16.8 Å². The van der Waals surface area contributed by atoms with Gasteiger partial charge in [0, 0.05) is 25.4 Å². The van der Waals surface area contributed by atoms with E-state index < -0.39 is 0 Å². The van der Waals surface area contributed by atoms with Crippen molar-refractivity contribution in [1.82, 2.24) is 4.90 Å². The van der Waals surface area contributed by atoms with Crippen LogP contribution in [-0.2, 0) is 4.74 Å². The van der Waals surface area contributed by atoms with Gasteiger partial charge < -0.3 is 4.74 Å². The first kappa shape index (κ1) is 16.9. The highest BCUT2D eigenvalue weighted by atomic mass is 16.5. The van der Waals surface area contributed by atoms with E-state index in [1.54, 1.807) is 7.11 Å². The quantitative estimate of drug-likeness (QED) is 0.804. The van der Waals surface area contributed by atoms with Crippen molar-refractivity contribution < 1.29 is 4.74 Å². The van der Waals surface area contributed by atoms with E-state index in [9.17, 15) is 0 Å². The maximum absolute atomic E-state index is 5.49. The van der Waals surface area contributed by atoms with Crippen LogP contribution in [0.5, 0.6) is 0 Å². The summed E-state index contributed by atoms with van der Waals surface area (Å²) in [5, 5.41) is 0. The second-order valence-corrected chi connectivity index (χ2v) is 6.58. The van der Waals surface area contributed by atoms with Gasteiger partial charge in [0.1, 0.15) is 0 Å². The minimum Gasteiger partial charge on any atom is -0.383 e. The van der Waals surface area contributed by atoms with E-state index in [2.05, 4.69) is 79.4 Å². The number of benzene rings is 2. The third-order valence-corrected chi connectivity index (χ3v) is 4.44. The number of rotatable bonds is 6. The van der Waals surface area contributed by atoms with Crippen molar-refractivity contribution in [2.24, 2.45) is 4.99 Å². The fourth-order valence-corrected chi connectivity index (χ4v) is 3.41. The van der Waals surface area contributed by atoms with E-state index in [-0.39, 0.29) is 12.1 Å². The summed E-state index contributed by atoms with van der Waals surface area (Å²) in [6, 6.07) is 22.2. The van der Waals surface area contributed by atoms with Gasteiger partial charge in [-0.25, -0.2) is 0 Å². The van der Waals surface area contributed by atoms with Crippen molar-refractivity contribution in [3.8, 4) is 0 Å². The molecule has 3 heteroatoms. The van der Waals surface area contributed by atoms with Crippen molar-refractivity contribution in [3.63, 3.8) is 0 Å². The predicted octanol–water partition coefficient (Wildman–Crippen LogP) is 3.96. The molecule has 2 aromatic rings. The summed E-state index contributed by atoms with van der Waals surface area (Å²) in [6.07, 6.45) is 0. The molecule has 0 saturated carbocycles. The molecule has 1 aliphatic rings. The summed E-state index contributed by atoms with van der Waals surface area (Å²) in [5.74, 6) is 0. The Bertz CT molecular complexity index is 627. The first-order valence-corrected chi connectivity index (χ1v) is 8.62. The zero-order valence-electron chi connectivity index (χ0n) is 14.7. The van der Waals surface area contributed by atoms with Crippen molar-refractivity contribution in [2.75, 3.05) is 20.3 Å².